The number of hydrogen-bond donors (Lipinski definition) is 3. The summed E-state index contributed by atoms with van der Waals surface area (Å²) in [5.74, 6) is 0. The van der Waals surface area contributed by atoms with Crippen molar-refractivity contribution in [3.05, 3.63) is 30.1 Å². The number of aliphatic hydroxyl groups excluding tert-OH is 1. The second kappa shape index (κ2) is 8.15. The average molecular weight is 346 g/mol. The number of piperidine rings is 1. The Hall–Kier alpha value is -1.66. The molecular formula is C19H30N4O2. The van der Waals surface area contributed by atoms with Gasteiger partial charge in [0.05, 0.1) is 0 Å². The van der Waals surface area contributed by atoms with Crippen LogP contribution in [0.1, 0.15) is 57.1 Å². The monoisotopic (exact) mass is 346 g/mol. The highest BCUT2D eigenvalue weighted by Gasteiger charge is 2.38. The van der Waals surface area contributed by atoms with Crippen LogP contribution in [-0.4, -0.2) is 52.3 Å². The Morgan fingerprint density at radius 3 is 2.60 bits per heavy atom. The van der Waals surface area contributed by atoms with Crippen molar-refractivity contribution in [2.24, 2.45) is 0 Å². The van der Waals surface area contributed by atoms with E-state index in [-0.39, 0.29) is 24.2 Å². The highest BCUT2D eigenvalue weighted by molar-refractivity contribution is 5.75. The molecule has 6 heteroatoms. The topological polar surface area (TPSA) is 77.5 Å². The molecule has 25 heavy (non-hydrogen) atoms. The van der Waals surface area contributed by atoms with Gasteiger partial charge in [0.25, 0.3) is 0 Å². The molecule has 3 N–H and O–H groups in total. The lowest BCUT2D eigenvalue weighted by atomic mass is 9.74. The largest absolute Gasteiger partial charge is 0.396 e. The number of aromatic nitrogens is 1. The zero-order valence-electron chi connectivity index (χ0n) is 15.1. The molecule has 1 saturated heterocycles. The molecular weight excluding hydrogens is 316 g/mol. The summed E-state index contributed by atoms with van der Waals surface area (Å²) in [6, 6.07) is 4.67. The average Bonchev–Trinajstić information content (AvgIpc) is 2.61. The third kappa shape index (κ3) is 4.50. The van der Waals surface area contributed by atoms with Gasteiger partial charge in [-0.2, -0.15) is 0 Å². The lowest BCUT2D eigenvalue weighted by Crippen LogP contribution is -2.58. The van der Waals surface area contributed by atoms with E-state index in [1.165, 1.54) is 5.56 Å². The van der Waals surface area contributed by atoms with Crippen LogP contribution in [0, 0.1) is 0 Å². The molecule has 1 aliphatic heterocycles. The first-order valence-corrected chi connectivity index (χ1v) is 9.45. The van der Waals surface area contributed by atoms with Crippen molar-refractivity contribution in [1.29, 1.82) is 0 Å². The van der Waals surface area contributed by atoms with Crippen LogP contribution in [0.15, 0.2) is 24.5 Å². The highest BCUT2D eigenvalue weighted by atomic mass is 16.3. The van der Waals surface area contributed by atoms with E-state index in [1.54, 1.807) is 0 Å². The maximum Gasteiger partial charge on any atom is 0.315 e. The maximum atomic E-state index is 12.3. The van der Waals surface area contributed by atoms with Crippen molar-refractivity contribution in [3.8, 4) is 0 Å². The van der Waals surface area contributed by atoms with E-state index in [4.69, 9.17) is 0 Å². The molecule has 0 bridgehead atoms. The summed E-state index contributed by atoms with van der Waals surface area (Å²) >= 11 is 0. The van der Waals surface area contributed by atoms with Crippen LogP contribution in [0.3, 0.4) is 0 Å². The summed E-state index contributed by atoms with van der Waals surface area (Å²) < 4.78 is 0. The number of rotatable bonds is 6. The SMILES string of the molecule is C[C@H](c1ccncc1)N1CCC(NC(=O)NC2(CCO)CCC2)CC1. The summed E-state index contributed by atoms with van der Waals surface area (Å²) in [6.45, 7) is 4.32. The zero-order valence-corrected chi connectivity index (χ0v) is 15.1. The molecule has 1 aromatic heterocycles. The number of pyridine rings is 1. The molecule has 6 nitrogen and oxygen atoms in total. The van der Waals surface area contributed by atoms with Gasteiger partial charge in [0.1, 0.15) is 0 Å². The molecule has 2 fully saturated rings. The molecule has 0 unspecified atom stereocenters. The van der Waals surface area contributed by atoms with Crippen molar-refractivity contribution in [3.63, 3.8) is 0 Å². The van der Waals surface area contributed by atoms with E-state index in [0.29, 0.717) is 12.5 Å². The summed E-state index contributed by atoms with van der Waals surface area (Å²) in [5, 5.41) is 15.4. The number of nitrogens with zero attached hydrogens (tertiary/aromatic N) is 2. The Bertz CT molecular complexity index is 554. The van der Waals surface area contributed by atoms with Crippen LogP contribution in [0.5, 0.6) is 0 Å². The number of carbonyl (C=O) groups is 1. The van der Waals surface area contributed by atoms with Gasteiger partial charge in [-0.25, -0.2) is 4.79 Å². The Balaban J connectivity index is 1.44. The molecule has 0 spiro atoms. The van der Waals surface area contributed by atoms with Gasteiger partial charge in [-0.1, -0.05) is 0 Å². The van der Waals surface area contributed by atoms with Crippen LogP contribution in [0.4, 0.5) is 4.79 Å². The number of carbonyl (C=O) groups excluding carboxylic acids is 1. The molecule has 0 radical (unpaired) electrons. The molecule has 2 amide bonds. The van der Waals surface area contributed by atoms with Crippen LogP contribution in [0.25, 0.3) is 0 Å². The van der Waals surface area contributed by atoms with Crippen molar-refractivity contribution in [1.82, 2.24) is 20.5 Å². The van der Waals surface area contributed by atoms with Gasteiger partial charge in [0.15, 0.2) is 0 Å². The number of hydrogen-bond acceptors (Lipinski definition) is 4. The number of aliphatic hydroxyl groups is 1. The maximum absolute atomic E-state index is 12.3. The van der Waals surface area contributed by atoms with Crippen LogP contribution in [-0.2, 0) is 0 Å². The lowest BCUT2D eigenvalue weighted by molar-refractivity contribution is 0.128. The van der Waals surface area contributed by atoms with Crippen LogP contribution >= 0.6 is 0 Å². The Kier molecular flexibility index (Phi) is 5.91. The quantitative estimate of drug-likeness (QED) is 0.738. The van der Waals surface area contributed by atoms with Gasteiger partial charge in [0.2, 0.25) is 0 Å². The first kappa shape index (κ1) is 18.1. The third-order valence-electron chi connectivity index (χ3n) is 5.88. The Morgan fingerprint density at radius 1 is 1.36 bits per heavy atom. The van der Waals surface area contributed by atoms with E-state index < -0.39 is 0 Å². The smallest absolute Gasteiger partial charge is 0.315 e. The fraction of sp³-hybridized carbons (Fsp3) is 0.684. The molecule has 1 saturated carbocycles. The van der Waals surface area contributed by atoms with E-state index in [2.05, 4.69) is 39.6 Å². The molecule has 3 rings (SSSR count). The summed E-state index contributed by atoms with van der Waals surface area (Å²) in [4.78, 5) is 18.9. The summed E-state index contributed by atoms with van der Waals surface area (Å²) in [6.07, 6.45) is 9.35. The molecule has 2 heterocycles. The van der Waals surface area contributed by atoms with Crippen molar-refractivity contribution >= 4 is 6.03 Å². The van der Waals surface area contributed by atoms with Gasteiger partial charge < -0.3 is 15.7 Å². The normalized spacial score (nSPS) is 22.0. The van der Waals surface area contributed by atoms with Crippen molar-refractivity contribution < 1.29 is 9.90 Å². The summed E-state index contributed by atoms with van der Waals surface area (Å²) in [5.41, 5.74) is 1.12. The number of amides is 2. The van der Waals surface area contributed by atoms with Gasteiger partial charge in [0, 0.05) is 49.7 Å². The molecule has 1 aliphatic carbocycles. The molecule has 1 atom stereocenters. The number of urea groups is 1. The summed E-state index contributed by atoms with van der Waals surface area (Å²) in [7, 11) is 0. The Labute approximate surface area is 150 Å². The van der Waals surface area contributed by atoms with E-state index >= 15 is 0 Å². The minimum atomic E-state index is -0.171. The molecule has 2 aliphatic rings. The number of likely N-dealkylation sites (tertiary alicyclic amines) is 1. The predicted molar refractivity (Wildman–Crippen MR) is 97.2 cm³/mol. The van der Waals surface area contributed by atoms with E-state index in [1.807, 2.05) is 12.4 Å². The van der Waals surface area contributed by atoms with Gasteiger partial charge in [-0.15, -0.1) is 0 Å². The molecule has 0 aromatic carbocycles. The predicted octanol–water partition coefficient (Wildman–Crippen LogP) is 2.21. The first-order chi connectivity index (χ1) is 12.1. The highest BCUT2D eigenvalue weighted by Crippen LogP contribution is 2.34. The Morgan fingerprint density at radius 2 is 2.04 bits per heavy atom. The minimum absolute atomic E-state index is 0.0752. The fourth-order valence-corrected chi connectivity index (χ4v) is 4.00. The molecule has 138 valence electrons. The first-order valence-electron chi connectivity index (χ1n) is 9.45. The van der Waals surface area contributed by atoms with Gasteiger partial charge >= 0.3 is 6.03 Å². The van der Waals surface area contributed by atoms with Crippen LogP contribution in [0.2, 0.25) is 0 Å². The second-order valence-corrected chi connectivity index (χ2v) is 7.47. The third-order valence-corrected chi connectivity index (χ3v) is 5.88. The van der Waals surface area contributed by atoms with Crippen molar-refractivity contribution in [2.45, 2.75) is 63.1 Å². The van der Waals surface area contributed by atoms with Gasteiger partial charge in [-0.3, -0.25) is 9.88 Å². The van der Waals surface area contributed by atoms with E-state index in [0.717, 1.165) is 45.2 Å². The lowest BCUT2D eigenvalue weighted by Gasteiger charge is -2.43. The van der Waals surface area contributed by atoms with Crippen molar-refractivity contribution in [2.75, 3.05) is 19.7 Å². The van der Waals surface area contributed by atoms with Crippen LogP contribution < -0.4 is 10.6 Å². The second-order valence-electron chi connectivity index (χ2n) is 7.47. The number of nitrogens with one attached hydrogen (secondary N) is 2. The molecule has 1 aromatic rings. The zero-order chi connectivity index (χ0) is 17.7. The van der Waals surface area contributed by atoms with Gasteiger partial charge in [-0.05, 0) is 63.1 Å². The fourth-order valence-electron chi connectivity index (χ4n) is 4.00. The standard InChI is InChI=1S/C19H30N4O2/c1-15(16-3-10-20-11-4-16)23-12-5-17(6-13-23)21-18(25)22-19(9-14-24)7-2-8-19/h3-4,10-11,15,17,24H,2,5-9,12-14H2,1H3,(H2,21,22,25)/t15-/m1/s1. The minimum Gasteiger partial charge on any atom is -0.396 e. The van der Waals surface area contributed by atoms with E-state index in [9.17, 15) is 9.90 Å².